The zero-order valence-electron chi connectivity index (χ0n) is 13.8. The summed E-state index contributed by atoms with van der Waals surface area (Å²) in [6.45, 7) is 8.31. The van der Waals surface area contributed by atoms with E-state index in [1.807, 2.05) is 39.1 Å². The van der Waals surface area contributed by atoms with Gasteiger partial charge in [-0.2, -0.15) is 0 Å². The van der Waals surface area contributed by atoms with Gasteiger partial charge in [0, 0.05) is 11.4 Å². The van der Waals surface area contributed by atoms with Crippen molar-refractivity contribution in [3.63, 3.8) is 0 Å². The van der Waals surface area contributed by atoms with E-state index in [1.165, 1.54) is 0 Å². The number of carbonyl (C=O) groups excluding carboxylic acids is 1. The van der Waals surface area contributed by atoms with Gasteiger partial charge in [-0.15, -0.1) is 11.3 Å². The second kappa shape index (κ2) is 6.18. The van der Waals surface area contributed by atoms with Crippen molar-refractivity contribution in [1.29, 1.82) is 0 Å². The monoisotopic (exact) mass is 326 g/mol. The number of likely N-dealkylation sites (tertiary alicyclic amines) is 1. The Hall–Kier alpha value is -1.11. The van der Waals surface area contributed by atoms with Gasteiger partial charge in [0.05, 0.1) is 12.6 Å². The zero-order valence-corrected chi connectivity index (χ0v) is 14.6. The predicted molar refractivity (Wildman–Crippen MR) is 88.0 cm³/mol. The maximum atomic E-state index is 12.2. The van der Waals surface area contributed by atoms with E-state index in [1.54, 1.807) is 16.2 Å². The average Bonchev–Trinajstić information content (AvgIpc) is 2.82. The van der Waals surface area contributed by atoms with Crippen LogP contribution in [0.15, 0.2) is 11.4 Å². The van der Waals surface area contributed by atoms with Crippen LogP contribution in [-0.4, -0.2) is 40.4 Å². The Kier molecular flexibility index (Phi) is 4.84. The van der Waals surface area contributed by atoms with E-state index < -0.39 is 17.2 Å². The van der Waals surface area contributed by atoms with Crippen LogP contribution in [0.2, 0.25) is 0 Å². The third kappa shape index (κ3) is 4.00. The van der Waals surface area contributed by atoms with Crippen LogP contribution in [0.5, 0.6) is 0 Å². The summed E-state index contributed by atoms with van der Waals surface area (Å²) in [4.78, 5) is 14.9. The maximum absolute atomic E-state index is 12.2. The Morgan fingerprint density at radius 1 is 1.55 bits per heavy atom. The standard InChI is InChI=1S/C16H26N2O3S/c1-11-8-12(9-22-11)13(17)16(20)6-5-7-18(10-16)14(19)21-15(2,3)4/h8-9,13,20H,5-7,10,17H2,1-4H3. The van der Waals surface area contributed by atoms with Crippen LogP contribution in [-0.2, 0) is 4.74 Å². The van der Waals surface area contributed by atoms with E-state index in [9.17, 15) is 9.90 Å². The minimum absolute atomic E-state index is 0.206. The molecule has 6 heteroatoms. The molecule has 2 unspecified atom stereocenters. The Morgan fingerprint density at radius 2 is 2.23 bits per heavy atom. The molecule has 1 aromatic heterocycles. The first-order chi connectivity index (χ1) is 10.1. The molecule has 5 nitrogen and oxygen atoms in total. The number of ether oxygens (including phenoxy) is 1. The molecule has 1 fully saturated rings. The summed E-state index contributed by atoms with van der Waals surface area (Å²) in [5.74, 6) is 0. The number of hydrogen-bond acceptors (Lipinski definition) is 5. The normalized spacial score (nSPS) is 24.2. The Balaban J connectivity index is 2.09. The van der Waals surface area contributed by atoms with Crippen molar-refractivity contribution in [3.05, 3.63) is 21.9 Å². The molecule has 0 aromatic carbocycles. The first kappa shape index (κ1) is 17.2. The van der Waals surface area contributed by atoms with Crippen LogP contribution in [0.3, 0.4) is 0 Å². The molecule has 22 heavy (non-hydrogen) atoms. The SMILES string of the molecule is Cc1cc(C(N)C2(O)CCCN(C(=O)OC(C)(C)C)C2)cs1. The van der Waals surface area contributed by atoms with Crippen molar-refractivity contribution in [1.82, 2.24) is 4.90 Å². The zero-order chi connectivity index (χ0) is 16.5. The van der Waals surface area contributed by atoms with E-state index in [-0.39, 0.29) is 12.6 Å². The maximum Gasteiger partial charge on any atom is 0.410 e. The minimum Gasteiger partial charge on any atom is -0.444 e. The fourth-order valence-corrected chi connectivity index (χ4v) is 3.48. The van der Waals surface area contributed by atoms with Crippen molar-refractivity contribution in [2.75, 3.05) is 13.1 Å². The van der Waals surface area contributed by atoms with E-state index in [0.29, 0.717) is 19.4 Å². The molecule has 0 aliphatic carbocycles. The topological polar surface area (TPSA) is 75.8 Å². The number of rotatable bonds is 2. The highest BCUT2D eigenvalue weighted by molar-refractivity contribution is 7.10. The summed E-state index contributed by atoms with van der Waals surface area (Å²) < 4.78 is 5.40. The molecule has 1 saturated heterocycles. The number of hydrogen-bond donors (Lipinski definition) is 2. The highest BCUT2D eigenvalue weighted by atomic mass is 32.1. The highest BCUT2D eigenvalue weighted by Gasteiger charge is 2.42. The van der Waals surface area contributed by atoms with Crippen LogP contribution in [0.1, 0.15) is 50.1 Å². The molecule has 2 heterocycles. The van der Waals surface area contributed by atoms with Crippen LogP contribution in [0.25, 0.3) is 0 Å². The molecule has 3 N–H and O–H groups in total. The number of nitrogens with zero attached hydrogens (tertiary/aromatic N) is 1. The van der Waals surface area contributed by atoms with Gasteiger partial charge in [0.2, 0.25) is 0 Å². The molecule has 1 aliphatic heterocycles. The third-order valence-corrected chi connectivity index (χ3v) is 4.72. The van der Waals surface area contributed by atoms with Crippen molar-refractivity contribution in [2.45, 2.75) is 57.8 Å². The Labute approximate surface area is 136 Å². The lowest BCUT2D eigenvalue weighted by Gasteiger charge is -2.42. The molecule has 1 aliphatic rings. The molecule has 124 valence electrons. The molecule has 2 atom stereocenters. The smallest absolute Gasteiger partial charge is 0.410 e. The summed E-state index contributed by atoms with van der Waals surface area (Å²) in [7, 11) is 0. The lowest BCUT2D eigenvalue weighted by Crippen LogP contribution is -2.56. The summed E-state index contributed by atoms with van der Waals surface area (Å²) >= 11 is 1.61. The van der Waals surface area contributed by atoms with Crippen LogP contribution in [0, 0.1) is 6.92 Å². The second-order valence-corrected chi connectivity index (χ2v) is 8.19. The number of piperidine rings is 1. The van der Waals surface area contributed by atoms with Crippen molar-refractivity contribution >= 4 is 17.4 Å². The number of amides is 1. The molecular weight excluding hydrogens is 300 g/mol. The van der Waals surface area contributed by atoms with Gasteiger partial charge >= 0.3 is 6.09 Å². The number of β-amino-alcohol motifs (C(OH)–C–C–N with tert-alkyl or cyclic N) is 1. The van der Waals surface area contributed by atoms with E-state index in [2.05, 4.69) is 0 Å². The molecular formula is C16H26N2O3S. The molecule has 0 spiro atoms. The fourth-order valence-electron chi connectivity index (χ4n) is 2.74. The lowest BCUT2D eigenvalue weighted by molar-refractivity contribution is -0.0575. The number of aryl methyl sites for hydroxylation is 1. The summed E-state index contributed by atoms with van der Waals surface area (Å²) in [6, 6.07) is 1.50. The fraction of sp³-hybridized carbons (Fsp3) is 0.688. The Morgan fingerprint density at radius 3 is 2.77 bits per heavy atom. The van der Waals surface area contributed by atoms with Gasteiger partial charge in [-0.3, -0.25) is 0 Å². The third-order valence-electron chi connectivity index (χ3n) is 3.84. The minimum atomic E-state index is -1.11. The van der Waals surface area contributed by atoms with Gasteiger partial charge in [-0.05, 0) is 57.5 Å². The highest BCUT2D eigenvalue weighted by Crippen LogP contribution is 2.34. The van der Waals surface area contributed by atoms with Crippen LogP contribution >= 0.6 is 11.3 Å². The Bertz CT molecular complexity index is 538. The molecule has 1 amide bonds. The number of nitrogens with two attached hydrogens (primary N) is 1. The first-order valence-electron chi connectivity index (χ1n) is 7.62. The van der Waals surface area contributed by atoms with Gasteiger partial charge in [-0.25, -0.2) is 4.79 Å². The second-order valence-electron chi connectivity index (χ2n) is 7.08. The van der Waals surface area contributed by atoms with Gasteiger partial charge in [0.1, 0.15) is 11.2 Å². The first-order valence-corrected chi connectivity index (χ1v) is 8.50. The van der Waals surface area contributed by atoms with Gasteiger partial charge in [-0.1, -0.05) is 0 Å². The average molecular weight is 326 g/mol. The van der Waals surface area contributed by atoms with Crippen molar-refractivity contribution < 1.29 is 14.6 Å². The summed E-state index contributed by atoms with van der Waals surface area (Å²) in [5.41, 5.74) is 5.56. The van der Waals surface area contributed by atoms with Gasteiger partial charge < -0.3 is 20.5 Å². The molecule has 1 aromatic rings. The number of aliphatic hydroxyl groups is 1. The number of thiophene rings is 1. The molecule has 0 radical (unpaired) electrons. The lowest BCUT2D eigenvalue weighted by atomic mass is 9.83. The van der Waals surface area contributed by atoms with Crippen molar-refractivity contribution in [2.24, 2.45) is 5.73 Å². The summed E-state index contributed by atoms with van der Waals surface area (Å²) in [6.07, 6.45) is 0.911. The largest absolute Gasteiger partial charge is 0.444 e. The number of carbonyl (C=O) groups is 1. The van der Waals surface area contributed by atoms with E-state index >= 15 is 0 Å². The van der Waals surface area contributed by atoms with E-state index in [0.717, 1.165) is 10.4 Å². The van der Waals surface area contributed by atoms with Crippen LogP contribution in [0.4, 0.5) is 4.79 Å². The molecule has 0 bridgehead atoms. The quantitative estimate of drug-likeness (QED) is 0.876. The van der Waals surface area contributed by atoms with Gasteiger partial charge in [0.25, 0.3) is 0 Å². The predicted octanol–water partition coefficient (Wildman–Crippen LogP) is 2.82. The van der Waals surface area contributed by atoms with E-state index in [4.69, 9.17) is 10.5 Å². The van der Waals surface area contributed by atoms with Crippen molar-refractivity contribution in [3.8, 4) is 0 Å². The molecule has 2 rings (SSSR count). The molecule has 0 saturated carbocycles. The van der Waals surface area contributed by atoms with Crippen LogP contribution < -0.4 is 5.73 Å². The summed E-state index contributed by atoms with van der Waals surface area (Å²) in [5, 5.41) is 12.9. The van der Waals surface area contributed by atoms with Gasteiger partial charge in [0.15, 0.2) is 0 Å².